The summed E-state index contributed by atoms with van der Waals surface area (Å²) in [6.07, 6.45) is 3.48. The van der Waals surface area contributed by atoms with Crippen LogP contribution in [-0.2, 0) is 9.59 Å². The number of rotatable bonds is 3. The molecule has 1 saturated heterocycles. The lowest BCUT2D eigenvalue weighted by Gasteiger charge is -2.42. The van der Waals surface area contributed by atoms with Crippen molar-refractivity contribution >= 4 is 29.1 Å². The molecule has 2 aliphatic heterocycles. The molecular weight excluding hydrogens is 356 g/mol. The van der Waals surface area contributed by atoms with Crippen molar-refractivity contribution in [3.8, 4) is 0 Å². The molecule has 2 aromatic rings. The molecule has 28 heavy (non-hydrogen) atoms. The molecule has 0 bridgehead atoms. The van der Waals surface area contributed by atoms with Crippen LogP contribution in [0.15, 0.2) is 42.7 Å². The van der Waals surface area contributed by atoms with Gasteiger partial charge in [0.15, 0.2) is 6.54 Å². The minimum atomic E-state index is -0.926. The number of quaternary nitrogens is 1. The molecule has 0 aliphatic carbocycles. The molecule has 2 amide bonds. The lowest BCUT2D eigenvalue weighted by molar-refractivity contribution is -0.892. The Morgan fingerprint density at radius 1 is 1.14 bits per heavy atom. The monoisotopic (exact) mass is 381 g/mol. The van der Waals surface area contributed by atoms with Gasteiger partial charge in [-0.3, -0.25) is 14.5 Å². The largest absolute Gasteiger partial charge is 0.330 e. The molecule has 146 valence electrons. The molecule has 0 atom stereocenters. The maximum atomic E-state index is 13.2. The second kappa shape index (κ2) is 7.20. The minimum absolute atomic E-state index is 0.0355. The molecule has 1 aromatic heterocycles. The van der Waals surface area contributed by atoms with Gasteiger partial charge in [0.2, 0.25) is 11.9 Å². The van der Waals surface area contributed by atoms with Gasteiger partial charge >= 0.3 is 0 Å². The molecule has 2 N–H and O–H groups in total. The van der Waals surface area contributed by atoms with Crippen LogP contribution in [0.4, 0.5) is 17.3 Å². The third-order valence-corrected chi connectivity index (χ3v) is 5.46. The van der Waals surface area contributed by atoms with Crippen molar-refractivity contribution in [2.45, 2.75) is 19.4 Å². The van der Waals surface area contributed by atoms with Crippen molar-refractivity contribution in [2.75, 3.05) is 47.8 Å². The number of nitrogens with one attached hydrogen (secondary N) is 2. The predicted octanol–water partition coefficient (Wildman–Crippen LogP) is -0.0546. The number of fused-ring (bicyclic) bond motifs is 1. The van der Waals surface area contributed by atoms with Crippen molar-refractivity contribution < 1.29 is 14.5 Å². The normalized spacial score (nSPS) is 19.1. The van der Waals surface area contributed by atoms with Crippen molar-refractivity contribution in [1.29, 1.82) is 0 Å². The fraction of sp³-hybridized carbons (Fsp3) is 0.400. The van der Waals surface area contributed by atoms with Gasteiger partial charge in [-0.05, 0) is 32.0 Å². The standard InChI is InChI=1S/C20H24N6O2/c1-20(2)18(28)23-15-6-3-4-7-16(15)26(20)17(27)14-24-10-12-25(13-11-24)19-21-8-5-9-22-19/h3-9H,10-14H2,1-2H3,(H,23,28)/p+1. The second-order valence-electron chi connectivity index (χ2n) is 7.72. The van der Waals surface area contributed by atoms with Gasteiger partial charge in [0, 0.05) is 12.4 Å². The van der Waals surface area contributed by atoms with E-state index >= 15 is 0 Å². The maximum Gasteiger partial charge on any atom is 0.283 e. The van der Waals surface area contributed by atoms with Crippen molar-refractivity contribution in [2.24, 2.45) is 0 Å². The number of carbonyl (C=O) groups excluding carboxylic acids is 2. The smallest absolute Gasteiger partial charge is 0.283 e. The first-order chi connectivity index (χ1) is 13.5. The summed E-state index contributed by atoms with van der Waals surface area (Å²) in [5, 5.41) is 2.90. The number of benzene rings is 1. The first-order valence-corrected chi connectivity index (χ1v) is 9.56. The summed E-state index contributed by atoms with van der Waals surface area (Å²) in [6, 6.07) is 9.26. The summed E-state index contributed by atoms with van der Waals surface area (Å²) in [5.74, 6) is 0.531. The van der Waals surface area contributed by atoms with E-state index in [0.717, 1.165) is 37.8 Å². The quantitative estimate of drug-likeness (QED) is 0.779. The Hall–Kier alpha value is -3.00. The minimum Gasteiger partial charge on any atom is -0.330 e. The van der Waals surface area contributed by atoms with Gasteiger partial charge in [0.1, 0.15) is 5.54 Å². The molecule has 4 rings (SSSR count). The van der Waals surface area contributed by atoms with Crippen molar-refractivity contribution in [1.82, 2.24) is 9.97 Å². The van der Waals surface area contributed by atoms with Crippen LogP contribution in [0.5, 0.6) is 0 Å². The van der Waals surface area contributed by atoms with Crippen LogP contribution in [0, 0.1) is 0 Å². The van der Waals surface area contributed by atoms with Crippen LogP contribution < -0.4 is 20.0 Å². The van der Waals surface area contributed by atoms with Gasteiger partial charge in [-0.1, -0.05) is 12.1 Å². The average molecular weight is 381 g/mol. The maximum absolute atomic E-state index is 13.2. The predicted molar refractivity (Wildman–Crippen MR) is 106 cm³/mol. The number of hydrogen-bond acceptors (Lipinski definition) is 5. The van der Waals surface area contributed by atoms with Crippen LogP contribution in [0.2, 0.25) is 0 Å². The van der Waals surface area contributed by atoms with E-state index in [1.165, 1.54) is 4.90 Å². The molecule has 3 heterocycles. The molecule has 8 heteroatoms. The van der Waals surface area contributed by atoms with E-state index in [4.69, 9.17) is 0 Å². The highest BCUT2D eigenvalue weighted by Crippen LogP contribution is 2.36. The molecule has 0 unspecified atom stereocenters. The van der Waals surface area contributed by atoms with E-state index in [0.29, 0.717) is 12.2 Å². The molecule has 2 aliphatic rings. The molecule has 0 radical (unpaired) electrons. The van der Waals surface area contributed by atoms with Gasteiger partial charge in [0.05, 0.1) is 37.6 Å². The lowest BCUT2D eigenvalue weighted by atomic mass is 9.96. The first kappa shape index (κ1) is 18.4. The Morgan fingerprint density at radius 2 is 1.82 bits per heavy atom. The molecule has 0 saturated carbocycles. The van der Waals surface area contributed by atoms with E-state index < -0.39 is 5.54 Å². The second-order valence-corrected chi connectivity index (χ2v) is 7.72. The van der Waals surface area contributed by atoms with E-state index in [9.17, 15) is 9.59 Å². The van der Waals surface area contributed by atoms with Crippen LogP contribution >= 0.6 is 0 Å². The molecule has 0 spiro atoms. The highest BCUT2D eigenvalue weighted by molar-refractivity contribution is 6.14. The summed E-state index contributed by atoms with van der Waals surface area (Å²) >= 11 is 0. The summed E-state index contributed by atoms with van der Waals surface area (Å²) in [5.41, 5.74) is 0.513. The average Bonchev–Trinajstić information content (AvgIpc) is 2.70. The third kappa shape index (κ3) is 3.31. The first-order valence-electron chi connectivity index (χ1n) is 9.56. The van der Waals surface area contributed by atoms with Gasteiger partial charge in [0.25, 0.3) is 5.91 Å². The Bertz CT molecular complexity index is 877. The van der Waals surface area contributed by atoms with Crippen molar-refractivity contribution in [3.63, 3.8) is 0 Å². The van der Waals surface area contributed by atoms with Gasteiger partial charge in [-0.25, -0.2) is 9.97 Å². The lowest BCUT2D eigenvalue weighted by Crippen LogP contribution is -3.16. The zero-order chi connectivity index (χ0) is 19.7. The highest BCUT2D eigenvalue weighted by Gasteiger charge is 2.44. The Labute approximate surface area is 164 Å². The van der Waals surface area contributed by atoms with Gasteiger partial charge in [-0.15, -0.1) is 0 Å². The SMILES string of the molecule is CC1(C)C(=O)Nc2ccccc2N1C(=O)C[NH+]1CCN(c2ncccn2)CC1. The molecule has 1 fully saturated rings. The number of para-hydroxylation sites is 2. The van der Waals surface area contributed by atoms with Crippen LogP contribution in [0.1, 0.15) is 13.8 Å². The number of carbonyl (C=O) groups is 2. The van der Waals surface area contributed by atoms with E-state index in [-0.39, 0.29) is 11.8 Å². The van der Waals surface area contributed by atoms with Crippen LogP contribution in [0.3, 0.4) is 0 Å². The number of anilines is 3. The number of amides is 2. The Morgan fingerprint density at radius 3 is 2.54 bits per heavy atom. The number of aromatic nitrogens is 2. The summed E-state index contributed by atoms with van der Waals surface area (Å²) in [4.78, 5) is 39.4. The fourth-order valence-electron chi connectivity index (χ4n) is 3.85. The Kier molecular flexibility index (Phi) is 4.72. The van der Waals surface area contributed by atoms with Gasteiger partial charge in [-0.2, -0.15) is 0 Å². The summed E-state index contributed by atoms with van der Waals surface area (Å²) < 4.78 is 0. The topological polar surface area (TPSA) is 82.9 Å². The zero-order valence-electron chi connectivity index (χ0n) is 16.2. The zero-order valence-corrected chi connectivity index (χ0v) is 16.2. The molecule has 8 nitrogen and oxygen atoms in total. The van der Waals surface area contributed by atoms with Crippen molar-refractivity contribution in [3.05, 3.63) is 42.7 Å². The van der Waals surface area contributed by atoms with E-state index in [2.05, 4.69) is 20.2 Å². The summed E-state index contributed by atoms with van der Waals surface area (Å²) in [6.45, 7) is 7.18. The highest BCUT2D eigenvalue weighted by atomic mass is 16.2. The molecule has 1 aromatic carbocycles. The summed E-state index contributed by atoms with van der Waals surface area (Å²) in [7, 11) is 0. The number of piperazine rings is 1. The van der Waals surface area contributed by atoms with Gasteiger partial charge < -0.3 is 15.1 Å². The van der Waals surface area contributed by atoms with Crippen LogP contribution in [-0.4, -0.2) is 60.0 Å². The van der Waals surface area contributed by atoms with E-state index in [1.54, 1.807) is 37.2 Å². The van der Waals surface area contributed by atoms with Crippen LogP contribution in [0.25, 0.3) is 0 Å². The van der Waals surface area contributed by atoms with E-state index in [1.807, 2.05) is 24.3 Å². The number of nitrogens with zero attached hydrogens (tertiary/aromatic N) is 4. The Balaban J connectivity index is 1.46. The number of hydrogen-bond donors (Lipinski definition) is 2. The fourth-order valence-corrected chi connectivity index (χ4v) is 3.85. The third-order valence-electron chi connectivity index (χ3n) is 5.46. The molecular formula is C20H25N6O2+.